The summed E-state index contributed by atoms with van der Waals surface area (Å²) in [6.07, 6.45) is 1.45. The molecule has 2 aromatic carbocycles. The first kappa shape index (κ1) is 16.6. The van der Waals surface area contributed by atoms with Gasteiger partial charge in [-0.3, -0.25) is 4.79 Å². The predicted octanol–water partition coefficient (Wildman–Crippen LogP) is 4.98. The number of rotatable bonds is 6. The first-order valence-electron chi connectivity index (χ1n) is 7.66. The van der Waals surface area contributed by atoms with E-state index in [-0.39, 0.29) is 11.9 Å². The molecule has 0 aliphatic carbocycles. The van der Waals surface area contributed by atoms with Crippen molar-refractivity contribution >= 4 is 17.5 Å². The third-order valence-corrected chi connectivity index (χ3v) is 3.84. The Kier molecular flexibility index (Phi) is 6.02. The van der Waals surface area contributed by atoms with Crippen LogP contribution in [0.3, 0.4) is 0 Å². The van der Waals surface area contributed by atoms with E-state index in [0.29, 0.717) is 17.4 Å². The van der Waals surface area contributed by atoms with Crippen LogP contribution < -0.4 is 5.32 Å². The standard InChI is InChI=1S/C19H22ClNO/c1-14(2)8-13-18(22)21-19(15-6-4-3-5-7-15)16-9-11-17(20)12-10-16/h3-7,9-12,14,19H,8,13H2,1-2H3,(H,21,22)/t19-/m1/s1. The maximum Gasteiger partial charge on any atom is 0.220 e. The number of hydrogen-bond acceptors (Lipinski definition) is 1. The fourth-order valence-electron chi connectivity index (χ4n) is 2.31. The summed E-state index contributed by atoms with van der Waals surface area (Å²) < 4.78 is 0. The Balaban J connectivity index is 2.19. The molecule has 0 saturated heterocycles. The second-order valence-corrected chi connectivity index (χ2v) is 6.33. The molecule has 1 atom stereocenters. The van der Waals surface area contributed by atoms with Crippen molar-refractivity contribution in [2.24, 2.45) is 5.92 Å². The molecule has 0 fully saturated rings. The van der Waals surface area contributed by atoms with Crippen LogP contribution in [-0.4, -0.2) is 5.91 Å². The third kappa shape index (κ3) is 4.88. The second kappa shape index (κ2) is 8.00. The van der Waals surface area contributed by atoms with Crippen molar-refractivity contribution in [1.29, 1.82) is 0 Å². The molecule has 2 nitrogen and oxygen atoms in total. The van der Waals surface area contributed by atoms with Gasteiger partial charge >= 0.3 is 0 Å². The van der Waals surface area contributed by atoms with Crippen molar-refractivity contribution in [2.75, 3.05) is 0 Å². The van der Waals surface area contributed by atoms with E-state index in [0.717, 1.165) is 17.5 Å². The van der Waals surface area contributed by atoms with E-state index in [1.807, 2.05) is 54.6 Å². The topological polar surface area (TPSA) is 29.1 Å². The average molecular weight is 316 g/mol. The van der Waals surface area contributed by atoms with E-state index < -0.39 is 0 Å². The van der Waals surface area contributed by atoms with Crippen molar-refractivity contribution in [3.8, 4) is 0 Å². The van der Waals surface area contributed by atoms with Crippen molar-refractivity contribution < 1.29 is 4.79 Å². The highest BCUT2D eigenvalue weighted by molar-refractivity contribution is 6.30. The van der Waals surface area contributed by atoms with E-state index >= 15 is 0 Å². The zero-order valence-electron chi connectivity index (χ0n) is 13.1. The quantitative estimate of drug-likeness (QED) is 0.800. The Bertz CT molecular complexity index is 593. The lowest BCUT2D eigenvalue weighted by molar-refractivity contribution is -0.121. The molecule has 0 aliphatic heterocycles. The minimum Gasteiger partial charge on any atom is -0.345 e. The second-order valence-electron chi connectivity index (χ2n) is 5.90. The van der Waals surface area contributed by atoms with Gasteiger partial charge in [-0.25, -0.2) is 0 Å². The van der Waals surface area contributed by atoms with E-state index in [1.54, 1.807) is 0 Å². The van der Waals surface area contributed by atoms with E-state index in [9.17, 15) is 4.79 Å². The van der Waals surface area contributed by atoms with Crippen LogP contribution in [-0.2, 0) is 4.79 Å². The number of hydrogen-bond donors (Lipinski definition) is 1. The van der Waals surface area contributed by atoms with Gasteiger partial charge < -0.3 is 5.32 Å². The first-order chi connectivity index (χ1) is 10.6. The van der Waals surface area contributed by atoms with Crippen LogP contribution in [0.15, 0.2) is 54.6 Å². The van der Waals surface area contributed by atoms with Gasteiger partial charge in [-0.2, -0.15) is 0 Å². The van der Waals surface area contributed by atoms with Crippen LogP contribution in [0.4, 0.5) is 0 Å². The lowest BCUT2D eigenvalue weighted by Gasteiger charge is -2.20. The maximum atomic E-state index is 12.2. The number of carbonyl (C=O) groups is 1. The Morgan fingerprint density at radius 1 is 1.00 bits per heavy atom. The molecule has 0 spiro atoms. The van der Waals surface area contributed by atoms with Crippen LogP contribution >= 0.6 is 11.6 Å². The summed E-state index contributed by atoms with van der Waals surface area (Å²) in [5.74, 6) is 0.606. The van der Waals surface area contributed by atoms with Crippen molar-refractivity contribution in [1.82, 2.24) is 5.32 Å². The molecule has 2 rings (SSSR count). The van der Waals surface area contributed by atoms with Gasteiger partial charge in [0.25, 0.3) is 0 Å². The largest absolute Gasteiger partial charge is 0.345 e. The lowest BCUT2D eigenvalue weighted by atomic mass is 9.98. The molecule has 0 radical (unpaired) electrons. The van der Waals surface area contributed by atoms with Crippen LogP contribution in [0.2, 0.25) is 5.02 Å². The van der Waals surface area contributed by atoms with Crippen LogP contribution in [0.25, 0.3) is 0 Å². The summed E-state index contributed by atoms with van der Waals surface area (Å²) in [4.78, 5) is 12.2. The molecule has 0 aromatic heterocycles. The summed E-state index contributed by atoms with van der Waals surface area (Å²) in [5.41, 5.74) is 2.11. The summed E-state index contributed by atoms with van der Waals surface area (Å²) in [6.45, 7) is 4.25. The lowest BCUT2D eigenvalue weighted by Crippen LogP contribution is -2.29. The number of nitrogens with one attached hydrogen (secondary N) is 1. The van der Waals surface area contributed by atoms with Crippen molar-refractivity contribution in [3.63, 3.8) is 0 Å². The highest BCUT2D eigenvalue weighted by Crippen LogP contribution is 2.23. The van der Waals surface area contributed by atoms with Gasteiger partial charge in [0.15, 0.2) is 0 Å². The molecular weight excluding hydrogens is 294 g/mol. The smallest absolute Gasteiger partial charge is 0.220 e. The molecule has 0 heterocycles. The Morgan fingerprint density at radius 3 is 2.18 bits per heavy atom. The Hall–Kier alpha value is -1.80. The monoisotopic (exact) mass is 315 g/mol. The maximum absolute atomic E-state index is 12.2. The molecule has 116 valence electrons. The van der Waals surface area contributed by atoms with E-state index in [4.69, 9.17) is 11.6 Å². The molecular formula is C19H22ClNO. The molecule has 1 amide bonds. The summed E-state index contributed by atoms with van der Waals surface area (Å²) in [7, 11) is 0. The van der Waals surface area contributed by atoms with Gasteiger partial charge in [-0.1, -0.05) is 67.9 Å². The summed E-state index contributed by atoms with van der Waals surface area (Å²) in [6, 6.07) is 17.5. The third-order valence-electron chi connectivity index (χ3n) is 3.59. The predicted molar refractivity (Wildman–Crippen MR) is 92.0 cm³/mol. The van der Waals surface area contributed by atoms with Gasteiger partial charge in [0.05, 0.1) is 6.04 Å². The Morgan fingerprint density at radius 2 is 1.59 bits per heavy atom. The average Bonchev–Trinajstić information content (AvgIpc) is 2.52. The van der Waals surface area contributed by atoms with Gasteiger partial charge in [0, 0.05) is 11.4 Å². The molecule has 22 heavy (non-hydrogen) atoms. The van der Waals surface area contributed by atoms with Crippen LogP contribution in [0.1, 0.15) is 43.9 Å². The van der Waals surface area contributed by atoms with Crippen molar-refractivity contribution in [2.45, 2.75) is 32.7 Å². The van der Waals surface area contributed by atoms with Crippen molar-refractivity contribution in [3.05, 3.63) is 70.7 Å². The molecule has 0 unspecified atom stereocenters. The van der Waals surface area contributed by atoms with Gasteiger partial charge in [-0.15, -0.1) is 0 Å². The molecule has 3 heteroatoms. The summed E-state index contributed by atoms with van der Waals surface area (Å²) in [5, 5.41) is 3.84. The van der Waals surface area contributed by atoms with E-state index in [1.165, 1.54) is 0 Å². The van der Waals surface area contributed by atoms with Gasteiger partial charge in [0.1, 0.15) is 0 Å². The van der Waals surface area contributed by atoms with Crippen LogP contribution in [0.5, 0.6) is 0 Å². The van der Waals surface area contributed by atoms with E-state index in [2.05, 4.69) is 19.2 Å². The normalized spacial score (nSPS) is 12.2. The molecule has 1 N–H and O–H groups in total. The highest BCUT2D eigenvalue weighted by Gasteiger charge is 2.16. The fraction of sp³-hybridized carbons (Fsp3) is 0.316. The molecule has 2 aromatic rings. The van der Waals surface area contributed by atoms with Gasteiger partial charge in [0.2, 0.25) is 5.91 Å². The molecule has 0 saturated carbocycles. The zero-order valence-corrected chi connectivity index (χ0v) is 13.8. The minimum absolute atomic E-state index is 0.0810. The number of benzene rings is 2. The Labute approximate surface area is 137 Å². The molecule has 0 bridgehead atoms. The molecule has 0 aliphatic rings. The number of carbonyl (C=O) groups excluding carboxylic acids is 1. The first-order valence-corrected chi connectivity index (χ1v) is 8.04. The minimum atomic E-state index is -0.141. The summed E-state index contributed by atoms with van der Waals surface area (Å²) >= 11 is 5.97. The highest BCUT2D eigenvalue weighted by atomic mass is 35.5. The van der Waals surface area contributed by atoms with Crippen LogP contribution in [0, 0.1) is 5.92 Å². The number of amides is 1. The fourth-order valence-corrected chi connectivity index (χ4v) is 2.44. The van der Waals surface area contributed by atoms with Gasteiger partial charge in [-0.05, 0) is 35.6 Å². The zero-order chi connectivity index (χ0) is 15.9. The number of halogens is 1. The SMILES string of the molecule is CC(C)CCC(=O)N[C@H](c1ccccc1)c1ccc(Cl)cc1.